The Balaban J connectivity index is 1.58. The molecule has 3 aromatic rings. The molecule has 0 atom stereocenters. The number of pyridine rings is 1. The zero-order chi connectivity index (χ0) is 18.1. The number of carbonyl (C=O) groups excluding carboxylic acids is 1. The molecule has 26 heavy (non-hydrogen) atoms. The molecule has 0 saturated heterocycles. The second-order valence-electron chi connectivity index (χ2n) is 6.25. The van der Waals surface area contributed by atoms with Crippen molar-refractivity contribution in [2.24, 2.45) is 0 Å². The molecular formula is C19H19N5O2. The summed E-state index contributed by atoms with van der Waals surface area (Å²) in [5.74, 6) is 1.41. The van der Waals surface area contributed by atoms with E-state index >= 15 is 0 Å². The van der Waals surface area contributed by atoms with E-state index in [1.54, 1.807) is 17.0 Å². The van der Waals surface area contributed by atoms with Crippen molar-refractivity contribution in [2.45, 2.75) is 26.4 Å². The highest BCUT2D eigenvalue weighted by molar-refractivity contribution is 5.94. The van der Waals surface area contributed by atoms with Crippen molar-refractivity contribution < 1.29 is 4.79 Å². The smallest absolute Gasteiger partial charge is 0.261 e. The van der Waals surface area contributed by atoms with Gasteiger partial charge in [-0.25, -0.2) is 0 Å². The third-order valence-corrected chi connectivity index (χ3v) is 4.66. The first-order valence-electron chi connectivity index (χ1n) is 8.66. The molecule has 1 amide bonds. The van der Waals surface area contributed by atoms with Crippen LogP contribution in [0.4, 0.5) is 0 Å². The van der Waals surface area contributed by atoms with Gasteiger partial charge >= 0.3 is 0 Å². The van der Waals surface area contributed by atoms with Crippen LogP contribution < -0.4 is 5.56 Å². The molecule has 1 aromatic carbocycles. The molecule has 3 heterocycles. The Labute approximate surface area is 150 Å². The second-order valence-corrected chi connectivity index (χ2v) is 6.25. The number of aromatic amines is 1. The molecule has 4 rings (SSSR count). The summed E-state index contributed by atoms with van der Waals surface area (Å²) in [5, 5.41) is 8.32. The maximum absolute atomic E-state index is 12.8. The number of nitrogens with one attached hydrogen (secondary N) is 1. The first-order valence-corrected chi connectivity index (χ1v) is 8.66. The molecular weight excluding hydrogens is 330 g/mol. The van der Waals surface area contributed by atoms with E-state index in [1.807, 2.05) is 41.8 Å². The highest BCUT2D eigenvalue weighted by Gasteiger charge is 2.26. The minimum Gasteiger partial charge on any atom is -0.329 e. The first kappa shape index (κ1) is 16.3. The number of fused-ring (bicyclic) bond motifs is 1. The summed E-state index contributed by atoms with van der Waals surface area (Å²) in [7, 11) is 0. The van der Waals surface area contributed by atoms with Crippen LogP contribution in [-0.4, -0.2) is 37.1 Å². The van der Waals surface area contributed by atoms with Gasteiger partial charge in [-0.1, -0.05) is 37.3 Å². The zero-order valence-corrected chi connectivity index (χ0v) is 14.5. The zero-order valence-electron chi connectivity index (χ0n) is 14.5. The molecule has 0 unspecified atom stereocenters. The van der Waals surface area contributed by atoms with E-state index in [0.29, 0.717) is 25.3 Å². The molecule has 7 heteroatoms. The predicted octanol–water partition coefficient (Wildman–Crippen LogP) is 1.85. The third kappa shape index (κ3) is 2.81. The van der Waals surface area contributed by atoms with Crippen molar-refractivity contribution >= 4 is 5.91 Å². The molecule has 1 N–H and O–H groups in total. The maximum atomic E-state index is 12.8. The Bertz CT molecular complexity index is 1010. The summed E-state index contributed by atoms with van der Waals surface area (Å²) in [6.45, 7) is 3.59. The van der Waals surface area contributed by atoms with E-state index in [1.165, 1.54) is 0 Å². The van der Waals surface area contributed by atoms with Crippen LogP contribution in [0.15, 0.2) is 47.3 Å². The van der Waals surface area contributed by atoms with E-state index in [9.17, 15) is 9.59 Å². The summed E-state index contributed by atoms with van der Waals surface area (Å²) in [4.78, 5) is 29.7. The van der Waals surface area contributed by atoms with Crippen LogP contribution in [0.5, 0.6) is 0 Å². The molecule has 0 bridgehead atoms. The number of carbonyl (C=O) groups is 1. The number of H-pyrrole nitrogens is 1. The predicted molar refractivity (Wildman–Crippen MR) is 96.6 cm³/mol. The van der Waals surface area contributed by atoms with Crippen LogP contribution in [0.3, 0.4) is 0 Å². The fourth-order valence-electron chi connectivity index (χ4n) is 3.25. The SMILES string of the molecule is CCc1nnc2n1CCN(C(=O)c1ccc(-c3ccccc3)[nH]c1=O)C2. The summed E-state index contributed by atoms with van der Waals surface area (Å²) in [5.41, 5.74) is 1.37. The van der Waals surface area contributed by atoms with Gasteiger partial charge in [0.2, 0.25) is 0 Å². The Morgan fingerprint density at radius 2 is 1.92 bits per heavy atom. The van der Waals surface area contributed by atoms with E-state index in [-0.39, 0.29) is 17.0 Å². The number of hydrogen-bond acceptors (Lipinski definition) is 4. The summed E-state index contributed by atoms with van der Waals surface area (Å²) in [6, 6.07) is 12.9. The van der Waals surface area contributed by atoms with Crippen LogP contribution in [0.2, 0.25) is 0 Å². The third-order valence-electron chi connectivity index (χ3n) is 4.66. The van der Waals surface area contributed by atoms with Crippen LogP contribution >= 0.6 is 0 Å². The van der Waals surface area contributed by atoms with Gasteiger partial charge in [0, 0.05) is 25.2 Å². The molecule has 0 spiro atoms. The van der Waals surface area contributed by atoms with Gasteiger partial charge in [0.15, 0.2) is 5.82 Å². The van der Waals surface area contributed by atoms with Gasteiger partial charge in [-0.15, -0.1) is 10.2 Å². The van der Waals surface area contributed by atoms with Crippen LogP contribution in [0.1, 0.15) is 28.9 Å². The molecule has 0 aliphatic carbocycles. The normalized spacial score (nSPS) is 13.5. The number of aromatic nitrogens is 4. The average Bonchev–Trinajstić information content (AvgIpc) is 3.10. The molecule has 1 aliphatic heterocycles. The highest BCUT2D eigenvalue weighted by atomic mass is 16.2. The second kappa shape index (κ2) is 6.59. The Morgan fingerprint density at radius 3 is 2.65 bits per heavy atom. The number of benzene rings is 1. The van der Waals surface area contributed by atoms with Crippen molar-refractivity contribution in [2.75, 3.05) is 6.54 Å². The summed E-state index contributed by atoms with van der Waals surface area (Å²) < 4.78 is 2.05. The van der Waals surface area contributed by atoms with Crippen molar-refractivity contribution in [3.05, 3.63) is 70.0 Å². The summed E-state index contributed by atoms with van der Waals surface area (Å²) >= 11 is 0. The monoisotopic (exact) mass is 349 g/mol. The van der Waals surface area contributed by atoms with Crippen molar-refractivity contribution in [3.8, 4) is 11.3 Å². The van der Waals surface area contributed by atoms with E-state index in [4.69, 9.17) is 0 Å². The molecule has 2 aromatic heterocycles. The van der Waals surface area contributed by atoms with Gasteiger partial charge in [0.1, 0.15) is 11.4 Å². The van der Waals surface area contributed by atoms with Crippen molar-refractivity contribution in [3.63, 3.8) is 0 Å². The van der Waals surface area contributed by atoms with Gasteiger partial charge < -0.3 is 14.5 Å². The molecule has 7 nitrogen and oxygen atoms in total. The molecule has 0 radical (unpaired) electrons. The molecule has 0 saturated carbocycles. The standard InChI is InChI=1S/C19H19N5O2/c1-2-16-21-22-17-12-23(10-11-24(16)17)19(26)14-8-9-15(20-18(14)25)13-6-4-3-5-7-13/h3-9H,2,10-12H2,1H3,(H,20,25). The Morgan fingerprint density at radius 1 is 1.12 bits per heavy atom. The van der Waals surface area contributed by atoms with E-state index < -0.39 is 0 Å². The van der Waals surface area contributed by atoms with Gasteiger partial charge in [-0.2, -0.15) is 0 Å². The average molecular weight is 349 g/mol. The van der Waals surface area contributed by atoms with Gasteiger partial charge in [-0.3, -0.25) is 9.59 Å². The minimum absolute atomic E-state index is 0.147. The number of aryl methyl sites for hydroxylation is 1. The van der Waals surface area contributed by atoms with E-state index in [2.05, 4.69) is 15.2 Å². The lowest BCUT2D eigenvalue weighted by Gasteiger charge is -2.27. The minimum atomic E-state index is -0.377. The Hall–Kier alpha value is -3.22. The number of rotatable bonds is 3. The lowest BCUT2D eigenvalue weighted by molar-refractivity contribution is 0.0704. The van der Waals surface area contributed by atoms with Gasteiger partial charge in [0.05, 0.1) is 6.54 Å². The van der Waals surface area contributed by atoms with Crippen LogP contribution in [0, 0.1) is 0 Å². The Kier molecular flexibility index (Phi) is 4.12. The van der Waals surface area contributed by atoms with E-state index in [0.717, 1.165) is 23.6 Å². The quantitative estimate of drug-likeness (QED) is 0.782. The van der Waals surface area contributed by atoms with Crippen LogP contribution in [-0.2, 0) is 19.5 Å². The number of hydrogen-bond donors (Lipinski definition) is 1. The summed E-state index contributed by atoms with van der Waals surface area (Å²) in [6.07, 6.45) is 0.807. The highest BCUT2D eigenvalue weighted by Crippen LogP contribution is 2.17. The number of amides is 1. The fourth-order valence-corrected chi connectivity index (χ4v) is 3.25. The number of nitrogens with zero attached hydrogens (tertiary/aromatic N) is 4. The molecule has 1 aliphatic rings. The first-order chi connectivity index (χ1) is 12.7. The largest absolute Gasteiger partial charge is 0.329 e. The topological polar surface area (TPSA) is 83.9 Å². The van der Waals surface area contributed by atoms with Crippen molar-refractivity contribution in [1.29, 1.82) is 0 Å². The van der Waals surface area contributed by atoms with Gasteiger partial charge in [0.25, 0.3) is 11.5 Å². The molecule has 132 valence electrons. The lowest BCUT2D eigenvalue weighted by Crippen LogP contribution is -2.40. The fraction of sp³-hybridized carbons (Fsp3) is 0.263. The van der Waals surface area contributed by atoms with Crippen LogP contribution in [0.25, 0.3) is 11.3 Å². The van der Waals surface area contributed by atoms with Crippen molar-refractivity contribution in [1.82, 2.24) is 24.6 Å². The van der Waals surface area contributed by atoms with Gasteiger partial charge in [-0.05, 0) is 17.7 Å². The maximum Gasteiger partial charge on any atom is 0.261 e. The lowest BCUT2D eigenvalue weighted by atomic mass is 10.1. The molecule has 0 fully saturated rings.